The number of hydrogen-bond donors (Lipinski definition) is 2. The van der Waals surface area contributed by atoms with Gasteiger partial charge in [0.15, 0.2) is 11.6 Å². The van der Waals surface area contributed by atoms with Crippen molar-refractivity contribution in [1.29, 1.82) is 0 Å². The number of aliphatic imine (C=N–C) groups is 1. The molecule has 9 nitrogen and oxygen atoms in total. The van der Waals surface area contributed by atoms with Crippen molar-refractivity contribution < 1.29 is 19.4 Å². The zero-order valence-corrected chi connectivity index (χ0v) is 29.4. The summed E-state index contributed by atoms with van der Waals surface area (Å²) in [5, 5.41) is 16.3. The number of halogens is 1. The van der Waals surface area contributed by atoms with Gasteiger partial charge < -0.3 is 19.9 Å². The van der Waals surface area contributed by atoms with Gasteiger partial charge >= 0.3 is 0 Å². The molecule has 0 aromatic heterocycles. The van der Waals surface area contributed by atoms with Crippen molar-refractivity contribution in [1.82, 2.24) is 5.32 Å². The van der Waals surface area contributed by atoms with Crippen LogP contribution in [0.2, 0.25) is 0 Å². The van der Waals surface area contributed by atoms with Gasteiger partial charge in [-0.1, -0.05) is 112 Å². The molecule has 1 aliphatic rings. The fourth-order valence-corrected chi connectivity index (χ4v) is 7.12. The Morgan fingerprint density at radius 3 is 2.40 bits per heavy atom. The molecule has 2 atom stereocenters. The molecular formula is C39H34BrN5O4S. The van der Waals surface area contributed by atoms with Crippen LogP contribution in [0.3, 0.4) is 0 Å². The third-order valence-electron chi connectivity index (χ3n) is 8.20. The summed E-state index contributed by atoms with van der Waals surface area (Å²) in [6.45, 7) is 0.677. The zero-order valence-electron chi connectivity index (χ0n) is 27.0. The topological polar surface area (TPSA) is 129 Å². The molecule has 1 heterocycles. The third kappa shape index (κ3) is 8.04. The monoisotopic (exact) mass is 747 g/mol. The highest BCUT2D eigenvalue weighted by Crippen LogP contribution is 2.46. The lowest BCUT2D eigenvalue weighted by Crippen LogP contribution is -2.49. The van der Waals surface area contributed by atoms with Crippen molar-refractivity contribution >= 4 is 45.2 Å². The highest BCUT2D eigenvalue weighted by molar-refractivity contribution is 9.10. The minimum atomic E-state index is -1.50. The Morgan fingerprint density at radius 1 is 0.940 bits per heavy atom. The normalized spacial score (nSPS) is 16.5. The lowest BCUT2D eigenvalue weighted by atomic mass is 9.81. The van der Waals surface area contributed by atoms with Crippen LogP contribution in [0.1, 0.15) is 34.8 Å². The van der Waals surface area contributed by atoms with Gasteiger partial charge in [0.1, 0.15) is 5.75 Å². The van der Waals surface area contributed by atoms with E-state index in [1.165, 1.54) is 0 Å². The van der Waals surface area contributed by atoms with Gasteiger partial charge in [-0.05, 0) is 65.2 Å². The molecular weight excluding hydrogens is 714 g/mol. The van der Waals surface area contributed by atoms with Crippen molar-refractivity contribution in [2.45, 2.75) is 40.8 Å². The van der Waals surface area contributed by atoms with Gasteiger partial charge in [0.25, 0.3) is 5.91 Å². The second-order valence-corrected chi connectivity index (χ2v) is 13.5. The number of nitrogens with zero attached hydrogens (tertiary/aromatic N) is 4. The van der Waals surface area contributed by atoms with Gasteiger partial charge in [-0.25, -0.2) is 4.99 Å². The molecule has 1 amide bonds. The lowest BCUT2D eigenvalue weighted by Gasteiger charge is -2.32. The predicted molar refractivity (Wildman–Crippen MR) is 199 cm³/mol. The van der Waals surface area contributed by atoms with Gasteiger partial charge in [-0.3, -0.25) is 4.79 Å². The van der Waals surface area contributed by atoms with E-state index in [-0.39, 0.29) is 31.4 Å². The molecule has 11 heteroatoms. The summed E-state index contributed by atoms with van der Waals surface area (Å²) in [5.41, 5.74) is 11.3. The summed E-state index contributed by atoms with van der Waals surface area (Å²) in [4.78, 5) is 25.2. The number of aliphatic hydroxyl groups is 1. The van der Waals surface area contributed by atoms with Crippen LogP contribution >= 0.6 is 27.7 Å². The second-order valence-electron chi connectivity index (χ2n) is 11.5. The van der Waals surface area contributed by atoms with Gasteiger partial charge in [0, 0.05) is 62.0 Å². The summed E-state index contributed by atoms with van der Waals surface area (Å²) in [5.74, 6) is 0.567. The van der Waals surface area contributed by atoms with Gasteiger partial charge in [0.2, 0.25) is 5.90 Å². The Morgan fingerprint density at radius 2 is 1.64 bits per heavy atom. The highest BCUT2D eigenvalue weighted by Gasteiger charge is 2.54. The number of amides is 1. The number of ether oxygens (including phenoxy) is 2. The largest absolute Gasteiger partial charge is 0.494 e. The number of rotatable bonds is 14. The fourth-order valence-electron chi connectivity index (χ4n) is 5.73. The lowest BCUT2D eigenvalue weighted by molar-refractivity contribution is -0.129. The van der Waals surface area contributed by atoms with Crippen molar-refractivity contribution in [3.8, 4) is 5.75 Å². The molecule has 5 aromatic rings. The first-order valence-electron chi connectivity index (χ1n) is 16.1. The first-order valence-corrected chi connectivity index (χ1v) is 17.7. The quantitative estimate of drug-likeness (QED) is 0.0507. The summed E-state index contributed by atoms with van der Waals surface area (Å²) < 4.78 is 13.2. The summed E-state index contributed by atoms with van der Waals surface area (Å²) in [6.07, 6.45) is -0.242. The molecule has 252 valence electrons. The van der Waals surface area contributed by atoms with Crippen LogP contribution in [0, 0.1) is 0 Å². The van der Waals surface area contributed by atoms with Crippen LogP contribution in [-0.4, -0.2) is 35.7 Å². The predicted octanol–water partition coefficient (Wildman–Crippen LogP) is 9.12. The number of carbonyl (C=O) groups excluding carboxylic acids is 1. The molecule has 0 spiro atoms. The Bertz CT molecular complexity index is 2020. The maximum absolute atomic E-state index is 14.9. The van der Waals surface area contributed by atoms with Crippen LogP contribution in [0.15, 0.2) is 152 Å². The second kappa shape index (κ2) is 16.6. The molecule has 0 bridgehead atoms. The van der Waals surface area contributed by atoms with E-state index in [1.807, 2.05) is 84.9 Å². The van der Waals surface area contributed by atoms with E-state index in [2.05, 4.69) is 43.4 Å². The van der Waals surface area contributed by atoms with Crippen LogP contribution in [0.5, 0.6) is 5.75 Å². The molecule has 0 fully saturated rings. The van der Waals surface area contributed by atoms with Crippen molar-refractivity contribution in [2.75, 3.05) is 13.2 Å². The molecule has 0 aliphatic carbocycles. The van der Waals surface area contributed by atoms with Crippen molar-refractivity contribution in [3.05, 3.63) is 165 Å². The van der Waals surface area contributed by atoms with Crippen LogP contribution in [0.4, 0.5) is 5.69 Å². The number of nitrogens with one attached hydrogen (secondary N) is 1. The Hall–Kier alpha value is -5.06. The van der Waals surface area contributed by atoms with E-state index >= 15 is 0 Å². The Balaban J connectivity index is 1.42. The first kappa shape index (κ1) is 34.8. The Kier molecular flexibility index (Phi) is 11.5. The SMILES string of the molecule is [N-]=[N+]=Nc1ccccc1[C@H]1OC(c2ccc(OCCCO)cc2)=N[C@@]1(Cc1ccccc1Br)C(=O)NCc1ccccc1Sc1ccccc1. The third-order valence-corrected chi connectivity index (χ3v) is 10.1. The molecule has 5 aromatic carbocycles. The van der Waals surface area contributed by atoms with Gasteiger partial charge in [-0.2, -0.15) is 0 Å². The number of carbonyl (C=O) groups is 1. The number of aliphatic hydroxyl groups excluding tert-OH is 1. The molecule has 0 radical (unpaired) electrons. The zero-order chi connectivity index (χ0) is 34.8. The van der Waals surface area contributed by atoms with Gasteiger partial charge in [0.05, 0.1) is 6.61 Å². The average molecular weight is 749 g/mol. The van der Waals surface area contributed by atoms with E-state index in [9.17, 15) is 10.3 Å². The van der Waals surface area contributed by atoms with Gasteiger partial charge in [-0.15, -0.1) is 0 Å². The summed E-state index contributed by atoms with van der Waals surface area (Å²) >= 11 is 5.32. The van der Waals surface area contributed by atoms with E-state index in [0.29, 0.717) is 35.6 Å². The molecule has 0 saturated carbocycles. The van der Waals surface area contributed by atoms with E-state index < -0.39 is 11.6 Å². The summed E-state index contributed by atoms with van der Waals surface area (Å²) in [6, 6.07) is 40.2. The minimum absolute atomic E-state index is 0.0422. The highest BCUT2D eigenvalue weighted by atomic mass is 79.9. The smallest absolute Gasteiger partial charge is 0.252 e. The van der Waals surface area contributed by atoms with E-state index in [4.69, 9.17) is 19.6 Å². The van der Waals surface area contributed by atoms with E-state index in [1.54, 1.807) is 42.1 Å². The molecule has 0 unspecified atom stereocenters. The average Bonchev–Trinajstić information content (AvgIpc) is 3.53. The van der Waals surface area contributed by atoms with Crippen LogP contribution < -0.4 is 10.1 Å². The summed E-state index contributed by atoms with van der Waals surface area (Å²) in [7, 11) is 0. The van der Waals surface area contributed by atoms with Crippen molar-refractivity contribution in [2.24, 2.45) is 10.1 Å². The van der Waals surface area contributed by atoms with Crippen LogP contribution in [-0.2, 0) is 22.5 Å². The fraction of sp³-hybridized carbons (Fsp3) is 0.179. The maximum Gasteiger partial charge on any atom is 0.252 e. The number of benzene rings is 5. The maximum atomic E-state index is 14.9. The standard InChI is InChI=1S/C39H34BrN5O4S/c40-33-16-7-4-11-28(33)25-39(38(47)42-26-29-12-5-9-18-35(29)50-31-13-2-1-3-14-31)36(32-15-6-8-17-34(32)44-45-41)49-37(43-39)27-19-21-30(22-20-27)48-24-10-23-46/h1-9,11-22,36,46H,10,23-26H2,(H,42,47)/t36-,39-/m1/s1. The molecule has 0 saturated heterocycles. The number of hydrogen-bond acceptors (Lipinski definition) is 7. The first-order chi connectivity index (χ1) is 24.5. The minimum Gasteiger partial charge on any atom is -0.494 e. The van der Waals surface area contributed by atoms with Crippen molar-refractivity contribution in [3.63, 3.8) is 0 Å². The van der Waals surface area contributed by atoms with Crippen LogP contribution in [0.25, 0.3) is 10.4 Å². The molecule has 50 heavy (non-hydrogen) atoms. The molecule has 6 rings (SSSR count). The number of azide groups is 1. The van der Waals surface area contributed by atoms with E-state index in [0.717, 1.165) is 25.4 Å². The Labute approximate surface area is 303 Å². The molecule has 1 aliphatic heterocycles. The molecule has 2 N–H and O–H groups in total.